The summed E-state index contributed by atoms with van der Waals surface area (Å²) < 4.78 is 26.7. The Balaban J connectivity index is 2.58. The average molecular weight is 339 g/mol. The van der Waals surface area contributed by atoms with Gasteiger partial charge >= 0.3 is 0 Å². The lowest BCUT2D eigenvalue weighted by molar-refractivity contribution is 0.580. The average Bonchev–Trinajstić information content (AvgIpc) is 2.58. The number of halogens is 3. The molecule has 3 nitrogen and oxygen atoms in total. The van der Waals surface area contributed by atoms with E-state index in [0.717, 1.165) is 17.4 Å². The second-order valence-electron chi connectivity index (χ2n) is 2.69. The fraction of sp³-hybridized carbons (Fsp3) is 0. The first-order valence-corrected chi connectivity index (χ1v) is 5.71. The molecule has 1 heterocycles. The fourth-order valence-electron chi connectivity index (χ4n) is 1.03. The molecule has 0 saturated carbocycles. The van der Waals surface area contributed by atoms with E-state index in [1.165, 1.54) is 6.07 Å². The summed E-state index contributed by atoms with van der Waals surface area (Å²) in [5.41, 5.74) is 5.60. The predicted molar refractivity (Wildman–Crippen MR) is 62.4 cm³/mol. The SMILES string of the molecule is Nc1nnc(-c2cc(I)c(F)cc2F)s1. The number of nitrogen functional groups attached to an aromatic ring is 1. The first kappa shape index (κ1) is 10.7. The van der Waals surface area contributed by atoms with Crippen molar-refractivity contribution < 1.29 is 8.78 Å². The molecule has 2 aromatic rings. The van der Waals surface area contributed by atoms with Crippen LogP contribution in [0.4, 0.5) is 13.9 Å². The molecule has 2 rings (SSSR count). The Morgan fingerprint density at radius 2 is 1.93 bits per heavy atom. The van der Waals surface area contributed by atoms with Crippen molar-refractivity contribution in [1.29, 1.82) is 0 Å². The Bertz CT molecular complexity index is 515. The van der Waals surface area contributed by atoms with E-state index in [1.54, 1.807) is 22.6 Å². The number of rotatable bonds is 1. The lowest BCUT2D eigenvalue weighted by atomic mass is 10.2. The van der Waals surface area contributed by atoms with Crippen molar-refractivity contribution >= 4 is 39.1 Å². The zero-order valence-electron chi connectivity index (χ0n) is 7.17. The van der Waals surface area contributed by atoms with Gasteiger partial charge in [0.25, 0.3) is 0 Å². The normalized spacial score (nSPS) is 10.6. The molecule has 0 bridgehead atoms. The number of nitrogens with zero attached hydrogens (tertiary/aromatic N) is 2. The molecule has 1 aromatic carbocycles. The first-order chi connectivity index (χ1) is 7.08. The quantitative estimate of drug-likeness (QED) is 0.642. The van der Waals surface area contributed by atoms with Crippen molar-refractivity contribution in [3.05, 3.63) is 27.3 Å². The molecule has 1 aromatic heterocycles. The molecule has 0 atom stereocenters. The van der Waals surface area contributed by atoms with E-state index < -0.39 is 11.6 Å². The molecule has 78 valence electrons. The van der Waals surface area contributed by atoms with Crippen LogP contribution in [0, 0.1) is 15.2 Å². The van der Waals surface area contributed by atoms with Gasteiger partial charge in [-0.05, 0) is 28.7 Å². The molecule has 2 N–H and O–H groups in total. The van der Waals surface area contributed by atoms with E-state index in [0.29, 0.717) is 8.58 Å². The summed E-state index contributed by atoms with van der Waals surface area (Å²) in [6, 6.07) is 2.21. The Morgan fingerprint density at radius 3 is 2.53 bits per heavy atom. The van der Waals surface area contributed by atoms with Gasteiger partial charge in [-0.2, -0.15) is 0 Å². The molecule has 15 heavy (non-hydrogen) atoms. The van der Waals surface area contributed by atoms with Gasteiger partial charge in [-0.15, -0.1) is 10.2 Å². The van der Waals surface area contributed by atoms with Crippen molar-refractivity contribution in [2.45, 2.75) is 0 Å². The third kappa shape index (κ3) is 2.07. The third-order valence-corrected chi connectivity index (χ3v) is 3.29. The van der Waals surface area contributed by atoms with Gasteiger partial charge in [0, 0.05) is 15.2 Å². The highest BCUT2D eigenvalue weighted by Gasteiger charge is 2.13. The molecule has 0 unspecified atom stereocenters. The minimum atomic E-state index is -0.663. The number of hydrogen-bond acceptors (Lipinski definition) is 4. The number of benzene rings is 1. The van der Waals surface area contributed by atoms with Crippen molar-refractivity contribution in [2.24, 2.45) is 0 Å². The van der Waals surface area contributed by atoms with Crippen molar-refractivity contribution in [1.82, 2.24) is 10.2 Å². The number of aromatic nitrogens is 2. The number of anilines is 1. The molecule has 7 heteroatoms. The molecule has 0 spiro atoms. The zero-order valence-corrected chi connectivity index (χ0v) is 10.1. The molecular formula is C8H4F2IN3S. The Morgan fingerprint density at radius 1 is 1.20 bits per heavy atom. The van der Waals surface area contributed by atoms with Crippen LogP contribution >= 0.6 is 33.9 Å². The second kappa shape index (κ2) is 3.97. The van der Waals surface area contributed by atoms with Crippen molar-refractivity contribution in [3.63, 3.8) is 0 Å². The van der Waals surface area contributed by atoms with Gasteiger partial charge < -0.3 is 5.73 Å². The van der Waals surface area contributed by atoms with E-state index in [9.17, 15) is 8.78 Å². The summed E-state index contributed by atoms with van der Waals surface area (Å²) in [6.07, 6.45) is 0. The molecular weight excluding hydrogens is 335 g/mol. The maximum atomic E-state index is 13.4. The third-order valence-electron chi connectivity index (χ3n) is 1.68. The maximum absolute atomic E-state index is 13.4. The monoisotopic (exact) mass is 339 g/mol. The van der Waals surface area contributed by atoms with Gasteiger partial charge in [0.05, 0.1) is 0 Å². The second-order valence-corrected chi connectivity index (χ2v) is 4.86. The number of nitrogens with two attached hydrogens (primary N) is 1. The molecule has 0 aliphatic rings. The van der Waals surface area contributed by atoms with Gasteiger partial charge in [0.15, 0.2) is 5.01 Å². The minimum Gasteiger partial charge on any atom is -0.374 e. The smallest absolute Gasteiger partial charge is 0.203 e. The summed E-state index contributed by atoms with van der Waals surface area (Å²) in [5.74, 6) is -1.25. The molecule has 0 amide bonds. The first-order valence-electron chi connectivity index (χ1n) is 3.82. The molecule has 0 radical (unpaired) electrons. The summed E-state index contributed by atoms with van der Waals surface area (Å²) in [4.78, 5) is 0. The van der Waals surface area contributed by atoms with Crippen molar-refractivity contribution in [2.75, 3.05) is 5.73 Å². The van der Waals surface area contributed by atoms with Gasteiger partial charge in [0.2, 0.25) is 5.13 Å². The van der Waals surface area contributed by atoms with E-state index in [-0.39, 0.29) is 10.7 Å². The van der Waals surface area contributed by atoms with Crippen molar-refractivity contribution in [3.8, 4) is 10.6 Å². The van der Waals surface area contributed by atoms with Crippen LogP contribution in [-0.2, 0) is 0 Å². The highest BCUT2D eigenvalue weighted by atomic mass is 127. The van der Waals surface area contributed by atoms with Crippen LogP contribution in [0.1, 0.15) is 0 Å². The summed E-state index contributed by atoms with van der Waals surface area (Å²) in [7, 11) is 0. The zero-order chi connectivity index (χ0) is 11.0. The van der Waals surface area contributed by atoms with Crippen LogP contribution in [0.25, 0.3) is 10.6 Å². The summed E-state index contributed by atoms with van der Waals surface area (Å²) in [5, 5.41) is 7.87. The maximum Gasteiger partial charge on any atom is 0.203 e. The lowest BCUT2D eigenvalue weighted by Crippen LogP contribution is -1.89. The van der Waals surface area contributed by atoms with Crippen LogP contribution in [0.2, 0.25) is 0 Å². The largest absolute Gasteiger partial charge is 0.374 e. The van der Waals surface area contributed by atoms with Crippen LogP contribution in [0.15, 0.2) is 12.1 Å². The molecule has 0 aliphatic carbocycles. The highest BCUT2D eigenvalue weighted by molar-refractivity contribution is 14.1. The van der Waals surface area contributed by atoms with Crippen LogP contribution in [0.5, 0.6) is 0 Å². The topological polar surface area (TPSA) is 51.8 Å². The van der Waals surface area contributed by atoms with Gasteiger partial charge in [-0.3, -0.25) is 0 Å². The highest BCUT2D eigenvalue weighted by Crippen LogP contribution is 2.29. The van der Waals surface area contributed by atoms with Gasteiger partial charge in [-0.25, -0.2) is 8.78 Å². The Kier molecular flexibility index (Phi) is 2.83. The predicted octanol–water partition coefficient (Wildman–Crippen LogP) is 2.67. The summed E-state index contributed by atoms with van der Waals surface area (Å²) in [6.45, 7) is 0. The van der Waals surface area contributed by atoms with Gasteiger partial charge in [-0.1, -0.05) is 11.3 Å². The molecule has 0 aliphatic heterocycles. The molecule has 0 saturated heterocycles. The summed E-state index contributed by atoms with van der Waals surface area (Å²) >= 11 is 2.84. The van der Waals surface area contributed by atoms with Crippen LogP contribution in [0.3, 0.4) is 0 Å². The number of hydrogen-bond donors (Lipinski definition) is 1. The van der Waals surface area contributed by atoms with E-state index >= 15 is 0 Å². The fourth-order valence-corrected chi connectivity index (χ4v) is 2.12. The molecule has 0 fully saturated rings. The van der Waals surface area contributed by atoms with Gasteiger partial charge in [0.1, 0.15) is 11.6 Å². The lowest BCUT2D eigenvalue weighted by Gasteiger charge is -2.00. The Hall–Kier alpha value is -0.830. The Labute approximate surface area is 101 Å². The van der Waals surface area contributed by atoms with Crippen LogP contribution in [-0.4, -0.2) is 10.2 Å². The van der Waals surface area contributed by atoms with E-state index in [2.05, 4.69) is 10.2 Å². The standard InChI is InChI=1S/C8H4F2IN3S/c9-4-2-5(10)6(11)1-3(4)7-13-14-8(12)15-7/h1-2H,(H2,12,14). The van der Waals surface area contributed by atoms with Crippen LogP contribution < -0.4 is 5.73 Å². The minimum absolute atomic E-state index is 0.218. The van der Waals surface area contributed by atoms with E-state index in [4.69, 9.17) is 5.73 Å². The van der Waals surface area contributed by atoms with E-state index in [1.807, 2.05) is 0 Å².